The van der Waals surface area contributed by atoms with E-state index in [2.05, 4.69) is 4.98 Å². The second-order valence-electron chi connectivity index (χ2n) is 3.13. The molecule has 2 heterocycles. The third kappa shape index (κ3) is 1.22. The lowest BCUT2D eigenvalue weighted by molar-refractivity contribution is 0.101. The second kappa shape index (κ2) is 2.69. The third-order valence-corrected chi connectivity index (χ3v) is 2.03. The molecule has 0 fully saturated rings. The summed E-state index contributed by atoms with van der Waals surface area (Å²) in [5, 5.41) is 0. The molecule has 0 bridgehead atoms. The highest BCUT2D eigenvalue weighted by Crippen LogP contribution is 2.08. The Balaban J connectivity index is 2.76. The molecule has 0 atom stereocenters. The minimum atomic E-state index is 0.0383. The molecular formula is C10H10N2O. The molecule has 0 N–H and O–H groups in total. The molecule has 2 aromatic rings. The first-order chi connectivity index (χ1) is 6.18. The summed E-state index contributed by atoms with van der Waals surface area (Å²) < 4.78 is 1.80. The van der Waals surface area contributed by atoms with Crippen molar-refractivity contribution in [3.63, 3.8) is 0 Å². The molecule has 66 valence electrons. The molecule has 0 aliphatic carbocycles. The summed E-state index contributed by atoms with van der Waals surface area (Å²) in [5.74, 6) is 0.0383. The predicted octanol–water partition coefficient (Wildman–Crippen LogP) is 1.85. The standard InChI is InChI=1S/C10H10N2O/c1-7-3-4-12-9(8(2)13)6-11-10(12)5-7/h3-6H,1-2H3. The first kappa shape index (κ1) is 7.98. The van der Waals surface area contributed by atoms with Crippen LogP contribution in [-0.2, 0) is 0 Å². The molecule has 0 saturated carbocycles. The number of pyridine rings is 1. The van der Waals surface area contributed by atoms with Crippen molar-refractivity contribution in [3.05, 3.63) is 35.8 Å². The zero-order valence-electron chi connectivity index (χ0n) is 7.61. The van der Waals surface area contributed by atoms with Crippen molar-refractivity contribution in [2.45, 2.75) is 13.8 Å². The van der Waals surface area contributed by atoms with Crippen LogP contribution < -0.4 is 0 Å². The number of carbonyl (C=O) groups is 1. The first-order valence-corrected chi connectivity index (χ1v) is 4.13. The number of nitrogens with zero attached hydrogens (tertiary/aromatic N) is 2. The van der Waals surface area contributed by atoms with Gasteiger partial charge in [0, 0.05) is 13.1 Å². The Morgan fingerprint density at radius 2 is 2.31 bits per heavy atom. The van der Waals surface area contributed by atoms with Crippen LogP contribution in [0.1, 0.15) is 23.0 Å². The van der Waals surface area contributed by atoms with E-state index in [0.29, 0.717) is 5.69 Å². The molecule has 0 aromatic carbocycles. The van der Waals surface area contributed by atoms with Gasteiger partial charge in [0.15, 0.2) is 5.78 Å². The van der Waals surface area contributed by atoms with Crippen LogP contribution in [0.4, 0.5) is 0 Å². The number of ketones is 1. The van der Waals surface area contributed by atoms with Crippen molar-refractivity contribution in [2.24, 2.45) is 0 Å². The van der Waals surface area contributed by atoms with E-state index in [9.17, 15) is 4.79 Å². The number of Topliss-reactive ketones (excluding diaryl/α,β-unsaturated/α-hetero) is 1. The number of aromatic nitrogens is 2. The van der Waals surface area contributed by atoms with Gasteiger partial charge in [-0.3, -0.25) is 9.20 Å². The van der Waals surface area contributed by atoms with Crippen LogP contribution in [-0.4, -0.2) is 15.2 Å². The van der Waals surface area contributed by atoms with Crippen LogP contribution in [0.3, 0.4) is 0 Å². The van der Waals surface area contributed by atoms with E-state index in [-0.39, 0.29) is 5.78 Å². The van der Waals surface area contributed by atoms with Crippen LogP contribution in [0.15, 0.2) is 24.5 Å². The number of fused-ring (bicyclic) bond motifs is 1. The molecular weight excluding hydrogens is 164 g/mol. The van der Waals surface area contributed by atoms with Crippen molar-refractivity contribution < 1.29 is 4.79 Å². The number of hydrogen-bond acceptors (Lipinski definition) is 2. The first-order valence-electron chi connectivity index (χ1n) is 4.13. The maximum Gasteiger partial charge on any atom is 0.178 e. The van der Waals surface area contributed by atoms with Gasteiger partial charge in [0.05, 0.1) is 6.20 Å². The molecule has 0 amide bonds. The third-order valence-electron chi connectivity index (χ3n) is 2.03. The summed E-state index contributed by atoms with van der Waals surface area (Å²) in [6.45, 7) is 3.55. The van der Waals surface area contributed by atoms with Gasteiger partial charge < -0.3 is 0 Å². The van der Waals surface area contributed by atoms with Gasteiger partial charge in [-0.1, -0.05) is 0 Å². The quantitative estimate of drug-likeness (QED) is 0.618. The fraction of sp³-hybridized carbons (Fsp3) is 0.200. The van der Waals surface area contributed by atoms with Gasteiger partial charge in [0.1, 0.15) is 11.3 Å². The fourth-order valence-electron chi connectivity index (χ4n) is 1.34. The van der Waals surface area contributed by atoms with Gasteiger partial charge in [-0.05, 0) is 24.6 Å². The molecule has 0 aliphatic heterocycles. The average molecular weight is 174 g/mol. The molecule has 2 aromatic heterocycles. The minimum absolute atomic E-state index is 0.0383. The highest BCUT2D eigenvalue weighted by molar-refractivity contribution is 5.93. The van der Waals surface area contributed by atoms with Gasteiger partial charge in [0.2, 0.25) is 0 Å². The SMILES string of the molecule is CC(=O)c1cnc2cc(C)ccn12. The van der Waals surface area contributed by atoms with Gasteiger partial charge in [-0.15, -0.1) is 0 Å². The molecule has 2 rings (SSSR count). The zero-order chi connectivity index (χ0) is 9.42. The number of aryl methyl sites for hydroxylation is 1. The Morgan fingerprint density at radius 3 is 3.00 bits per heavy atom. The van der Waals surface area contributed by atoms with E-state index >= 15 is 0 Å². The monoisotopic (exact) mass is 174 g/mol. The van der Waals surface area contributed by atoms with Crippen LogP contribution in [0.5, 0.6) is 0 Å². The zero-order valence-corrected chi connectivity index (χ0v) is 7.61. The summed E-state index contributed by atoms with van der Waals surface area (Å²) in [7, 11) is 0. The van der Waals surface area contributed by atoms with Gasteiger partial charge >= 0.3 is 0 Å². The summed E-state index contributed by atoms with van der Waals surface area (Å²) >= 11 is 0. The number of carbonyl (C=O) groups excluding carboxylic acids is 1. The fourth-order valence-corrected chi connectivity index (χ4v) is 1.34. The number of imidazole rings is 1. The minimum Gasteiger partial charge on any atom is -0.297 e. The smallest absolute Gasteiger partial charge is 0.178 e. The highest BCUT2D eigenvalue weighted by Gasteiger charge is 2.06. The van der Waals surface area contributed by atoms with Crippen molar-refractivity contribution in [1.29, 1.82) is 0 Å². The van der Waals surface area contributed by atoms with E-state index in [1.54, 1.807) is 17.5 Å². The molecule has 3 nitrogen and oxygen atoms in total. The second-order valence-corrected chi connectivity index (χ2v) is 3.13. The lowest BCUT2D eigenvalue weighted by Gasteiger charge is -1.97. The molecule has 0 unspecified atom stereocenters. The van der Waals surface area contributed by atoms with Crippen molar-refractivity contribution >= 4 is 11.4 Å². The molecule has 0 spiro atoms. The van der Waals surface area contributed by atoms with E-state index in [4.69, 9.17) is 0 Å². The van der Waals surface area contributed by atoms with Crippen LogP contribution in [0.25, 0.3) is 5.65 Å². The summed E-state index contributed by atoms with van der Waals surface area (Å²) in [5.41, 5.74) is 2.61. The molecule has 0 saturated heterocycles. The Hall–Kier alpha value is -1.64. The molecule has 13 heavy (non-hydrogen) atoms. The molecule has 0 aliphatic rings. The summed E-state index contributed by atoms with van der Waals surface area (Å²) in [6.07, 6.45) is 3.48. The van der Waals surface area contributed by atoms with E-state index in [1.807, 2.05) is 25.3 Å². The molecule has 0 radical (unpaired) electrons. The van der Waals surface area contributed by atoms with E-state index in [1.165, 1.54) is 0 Å². The Bertz CT molecular complexity index is 471. The van der Waals surface area contributed by atoms with Crippen molar-refractivity contribution in [1.82, 2.24) is 9.38 Å². The van der Waals surface area contributed by atoms with Gasteiger partial charge in [0.25, 0.3) is 0 Å². The Morgan fingerprint density at radius 1 is 1.54 bits per heavy atom. The number of rotatable bonds is 1. The molecule has 3 heteroatoms. The van der Waals surface area contributed by atoms with Crippen LogP contribution >= 0.6 is 0 Å². The summed E-state index contributed by atoms with van der Waals surface area (Å²) in [6, 6.07) is 3.91. The number of hydrogen-bond donors (Lipinski definition) is 0. The van der Waals surface area contributed by atoms with Crippen LogP contribution in [0, 0.1) is 6.92 Å². The average Bonchev–Trinajstić information content (AvgIpc) is 2.46. The van der Waals surface area contributed by atoms with Crippen molar-refractivity contribution in [3.8, 4) is 0 Å². The highest BCUT2D eigenvalue weighted by atomic mass is 16.1. The normalized spacial score (nSPS) is 10.6. The predicted molar refractivity (Wildman–Crippen MR) is 49.9 cm³/mol. The topological polar surface area (TPSA) is 34.4 Å². The van der Waals surface area contributed by atoms with E-state index < -0.39 is 0 Å². The Labute approximate surface area is 76.0 Å². The maximum atomic E-state index is 11.1. The van der Waals surface area contributed by atoms with E-state index in [0.717, 1.165) is 11.2 Å². The maximum absolute atomic E-state index is 11.1. The van der Waals surface area contributed by atoms with Gasteiger partial charge in [-0.25, -0.2) is 4.98 Å². The van der Waals surface area contributed by atoms with Crippen molar-refractivity contribution in [2.75, 3.05) is 0 Å². The largest absolute Gasteiger partial charge is 0.297 e. The summed E-state index contributed by atoms with van der Waals surface area (Å²) in [4.78, 5) is 15.3. The van der Waals surface area contributed by atoms with Crippen LogP contribution in [0.2, 0.25) is 0 Å². The van der Waals surface area contributed by atoms with Gasteiger partial charge in [-0.2, -0.15) is 0 Å². The lowest BCUT2D eigenvalue weighted by Crippen LogP contribution is -1.97. The Kier molecular flexibility index (Phi) is 1.65. The lowest BCUT2D eigenvalue weighted by atomic mass is 10.3.